The SMILES string of the molecule is C=C(C)C(CCCC(=O)[O-])CC(=O)[O-]. The molecule has 0 aliphatic carbocycles. The molecule has 1 unspecified atom stereocenters. The number of rotatable bonds is 7. The smallest absolute Gasteiger partial charge is 0.0420 e. The first-order chi connectivity index (χ1) is 6.43. The lowest BCUT2D eigenvalue weighted by Crippen LogP contribution is -2.26. The van der Waals surface area contributed by atoms with E-state index in [4.69, 9.17) is 0 Å². The summed E-state index contributed by atoms with van der Waals surface area (Å²) in [6.45, 7) is 5.38. The molecule has 0 aliphatic heterocycles. The summed E-state index contributed by atoms with van der Waals surface area (Å²) in [6, 6.07) is 0. The summed E-state index contributed by atoms with van der Waals surface area (Å²) in [7, 11) is 0. The van der Waals surface area contributed by atoms with Crippen LogP contribution in [0.5, 0.6) is 0 Å². The molecule has 0 saturated heterocycles. The molecule has 0 N–H and O–H groups in total. The topological polar surface area (TPSA) is 80.3 Å². The van der Waals surface area contributed by atoms with Crippen LogP contribution in [0.3, 0.4) is 0 Å². The van der Waals surface area contributed by atoms with Gasteiger partial charge in [0.15, 0.2) is 0 Å². The Bertz CT molecular complexity index is 232. The van der Waals surface area contributed by atoms with Crippen LogP contribution in [0, 0.1) is 5.92 Å². The van der Waals surface area contributed by atoms with Crippen molar-refractivity contribution in [3.05, 3.63) is 12.2 Å². The molecule has 0 bridgehead atoms. The molecule has 0 aromatic carbocycles. The Hall–Kier alpha value is -1.32. The van der Waals surface area contributed by atoms with Crippen molar-refractivity contribution in [1.82, 2.24) is 0 Å². The summed E-state index contributed by atoms with van der Waals surface area (Å²) in [5.41, 5.74) is 0.743. The summed E-state index contributed by atoms with van der Waals surface area (Å²) < 4.78 is 0. The fraction of sp³-hybridized carbons (Fsp3) is 0.600. The molecule has 4 heteroatoms. The van der Waals surface area contributed by atoms with Gasteiger partial charge in [0.2, 0.25) is 0 Å². The predicted octanol–water partition coefficient (Wildman–Crippen LogP) is -0.761. The molecule has 0 saturated carbocycles. The summed E-state index contributed by atoms with van der Waals surface area (Å²) in [5, 5.41) is 20.4. The Morgan fingerprint density at radius 3 is 2.21 bits per heavy atom. The van der Waals surface area contributed by atoms with Crippen LogP contribution in [-0.4, -0.2) is 11.9 Å². The first-order valence-electron chi connectivity index (χ1n) is 4.48. The summed E-state index contributed by atoms with van der Waals surface area (Å²) in [5.74, 6) is -2.44. The standard InChI is InChI=1S/C10H16O4/c1-7(2)8(6-10(13)14)4-3-5-9(11)12/h8H,1,3-6H2,2H3,(H,11,12)(H,13,14)/p-2. The normalized spacial score (nSPS) is 12.1. The quantitative estimate of drug-likeness (QED) is 0.503. The number of hydrogen-bond donors (Lipinski definition) is 0. The van der Waals surface area contributed by atoms with E-state index in [0.717, 1.165) is 5.57 Å². The van der Waals surface area contributed by atoms with Gasteiger partial charge in [0.25, 0.3) is 0 Å². The molecular formula is C10H14O4-2. The van der Waals surface area contributed by atoms with E-state index in [1.807, 2.05) is 0 Å². The molecule has 0 aromatic heterocycles. The Morgan fingerprint density at radius 1 is 1.29 bits per heavy atom. The average molecular weight is 198 g/mol. The second-order valence-corrected chi connectivity index (χ2v) is 3.38. The minimum absolute atomic E-state index is 0.0448. The third-order valence-corrected chi connectivity index (χ3v) is 2.04. The van der Waals surface area contributed by atoms with Gasteiger partial charge in [-0.05, 0) is 38.5 Å². The average Bonchev–Trinajstić information content (AvgIpc) is 2.00. The largest absolute Gasteiger partial charge is 0.550 e. The summed E-state index contributed by atoms with van der Waals surface area (Å²) >= 11 is 0. The van der Waals surface area contributed by atoms with Crippen molar-refractivity contribution >= 4 is 11.9 Å². The number of allylic oxidation sites excluding steroid dienone is 1. The van der Waals surface area contributed by atoms with E-state index < -0.39 is 11.9 Å². The van der Waals surface area contributed by atoms with Gasteiger partial charge in [-0.15, -0.1) is 0 Å². The molecule has 1 atom stereocenters. The third-order valence-electron chi connectivity index (χ3n) is 2.04. The van der Waals surface area contributed by atoms with E-state index in [-0.39, 0.29) is 18.8 Å². The van der Waals surface area contributed by atoms with Crippen molar-refractivity contribution in [2.24, 2.45) is 5.92 Å². The van der Waals surface area contributed by atoms with Gasteiger partial charge in [0.1, 0.15) is 0 Å². The molecule has 0 radical (unpaired) electrons. The van der Waals surface area contributed by atoms with Crippen molar-refractivity contribution in [2.45, 2.75) is 32.6 Å². The maximum Gasteiger partial charge on any atom is 0.0420 e. The van der Waals surface area contributed by atoms with Crippen molar-refractivity contribution in [2.75, 3.05) is 0 Å². The Kier molecular flexibility index (Phi) is 5.60. The van der Waals surface area contributed by atoms with Crippen molar-refractivity contribution in [1.29, 1.82) is 0 Å². The van der Waals surface area contributed by atoms with Crippen LogP contribution in [-0.2, 0) is 9.59 Å². The van der Waals surface area contributed by atoms with Gasteiger partial charge in [-0.1, -0.05) is 12.2 Å². The Labute approximate surface area is 83.2 Å². The third kappa shape index (κ3) is 6.22. The van der Waals surface area contributed by atoms with E-state index in [2.05, 4.69) is 6.58 Å². The van der Waals surface area contributed by atoms with Crippen LogP contribution >= 0.6 is 0 Å². The molecule has 0 aromatic rings. The van der Waals surface area contributed by atoms with Gasteiger partial charge >= 0.3 is 0 Å². The molecule has 0 amide bonds. The highest BCUT2D eigenvalue weighted by molar-refractivity contribution is 5.65. The highest BCUT2D eigenvalue weighted by Gasteiger charge is 2.09. The lowest BCUT2D eigenvalue weighted by molar-refractivity contribution is -0.306. The Balaban J connectivity index is 3.91. The molecule has 0 heterocycles. The van der Waals surface area contributed by atoms with Gasteiger partial charge in [0.05, 0.1) is 0 Å². The van der Waals surface area contributed by atoms with Crippen LogP contribution in [0.4, 0.5) is 0 Å². The zero-order valence-electron chi connectivity index (χ0n) is 8.25. The van der Waals surface area contributed by atoms with E-state index in [1.165, 1.54) is 0 Å². The predicted molar refractivity (Wildman–Crippen MR) is 46.8 cm³/mol. The van der Waals surface area contributed by atoms with Crippen LogP contribution in [0.25, 0.3) is 0 Å². The van der Waals surface area contributed by atoms with Crippen molar-refractivity contribution in [3.63, 3.8) is 0 Å². The molecular weight excluding hydrogens is 184 g/mol. The lowest BCUT2D eigenvalue weighted by atomic mass is 9.92. The van der Waals surface area contributed by atoms with Gasteiger partial charge in [-0.25, -0.2) is 0 Å². The van der Waals surface area contributed by atoms with E-state index in [1.54, 1.807) is 6.92 Å². The van der Waals surface area contributed by atoms with Crippen molar-refractivity contribution < 1.29 is 19.8 Å². The van der Waals surface area contributed by atoms with Crippen LogP contribution in [0.2, 0.25) is 0 Å². The highest BCUT2D eigenvalue weighted by atomic mass is 16.4. The molecule has 0 aliphatic rings. The number of carbonyl (C=O) groups is 2. The van der Waals surface area contributed by atoms with Crippen LogP contribution in [0.1, 0.15) is 32.6 Å². The number of aliphatic carboxylic acids is 2. The zero-order chi connectivity index (χ0) is 11.1. The van der Waals surface area contributed by atoms with Crippen molar-refractivity contribution in [3.8, 4) is 0 Å². The molecule has 0 spiro atoms. The number of carboxylic acid groups (broad SMARTS) is 2. The number of carboxylic acids is 2. The monoisotopic (exact) mass is 198 g/mol. The van der Waals surface area contributed by atoms with Crippen LogP contribution in [0.15, 0.2) is 12.2 Å². The highest BCUT2D eigenvalue weighted by Crippen LogP contribution is 2.19. The van der Waals surface area contributed by atoms with Gasteiger partial charge in [0, 0.05) is 11.9 Å². The van der Waals surface area contributed by atoms with Gasteiger partial charge < -0.3 is 19.8 Å². The fourth-order valence-corrected chi connectivity index (χ4v) is 1.22. The van der Waals surface area contributed by atoms with E-state index >= 15 is 0 Å². The van der Waals surface area contributed by atoms with E-state index in [9.17, 15) is 19.8 Å². The van der Waals surface area contributed by atoms with Gasteiger partial charge in [-0.2, -0.15) is 0 Å². The molecule has 14 heavy (non-hydrogen) atoms. The Morgan fingerprint density at radius 2 is 1.86 bits per heavy atom. The zero-order valence-corrected chi connectivity index (χ0v) is 8.25. The fourth-order valence-electron chi connectivity index (χ4n) is 1.22. The number of carbonyl (C=O) groups excluding carboxylic acids is 2. The first-order valence-corrected chi connectivity index (χ1v) is 4.48. The molecule has 80 valence electrons. The summed E-state index contributed by atoms with van der Waals surface area (Å²) in [6.07, 6.45) is 0.768. The second kappa shape index (κ2) is 6.18. The minimum Gasteiger partial charge on any atom is -0.550 e. The number of hydrogen-bond acceptors (Lipinski definition) is 4. The maximum absolute atomic E-state index is 10.3. The first kappa shape index (κ1) is 12.7. The lowest BCUT2D eigenvalue weighted by Gasteiger charge is -2.17. The van der Waals surface area contributed by atoms with Crippen LogP contribution < -0.4 is 10.2 Å². The van der Waals surface area contributed by atoms with Gasteiger partial charge in [-0.3, -0.25) is 0 Å². The molecule has 0 rings (SSSR count). The maximum atomic E-state index is 10.3. The molecule has 0 fully saturated rings. The summed E-state index contributed by atoms with van der Waals surface area (Å²) in [4.78, 5) is 20.4. The minimum atomic E-state index is -1.13. The van der Waals surface area contributed by atoms with E-state index in [0.29, 0.717) is 12.8 Å². The second-order valence-electron chi connectivity index (χ2n) is 3.38. The molecule has 4 nitrogen and oxygen atoms in total.